The Labute approximate surface area is 161 Å². The summed E-state index contributed by atoms with van der Waals surface area (Å²) < 4.78 is 1.85. The van der Waals surface area contributed by atoms with Crippen LogP contribution in [-0.4, -0.2) is 31.8 Å². The van der Waals surface area contributed by atoms with Crippen molar-refractivity contribution in [1.29, 1.82) is 0 Å². The first-order valence-electron chi connectivity index (χ1n) is 9.25. The Hall–Kier alpha value is -3.55. The average molecular weight is 374 g/mol. The van der Waals surface area contributed by atoms with Crippen molar-refractivity contribution in [3.05, 3.63) is 60.2 Å². The normalized spacial score (nSPS) is 18.4. The molecule has 1 amide bonds. The van der Waals surface area contributed by atoms with E-state index in [0.717, 1.165) is 24.0 Å². The van der Waals surface area contributed by atoms with E-state index in [9.17, 15) is 4.79 Å². The summed E-state index contributed by atoms with van der Waals surface area (Å²) in [7, 11) is 0. The van der Waals surface area contributed by atoms with Gasteiger partial charge in [-0.1, -0.05) is 47.6 Å². The molecule has 28 heavy (non-hydrogen) atoms. The molecule has 1 aliphatic carbocycles. The lowest BCUT2D eigenvalue weighted by atomic mass is 10.0. The summed E-state index contributed by atoms with van der Waals surface area (Å²) in [5.41, 5.74) is 2.91. The lowest BCUT2D eigenvalue weighted by molar-refractivity contribution is -0.110. The SMILES string of the molecule is O=C(Nc1cccc(-c2nnnn2C2CC2)c1)C1=NOC(c2ccccc2)C1. The molecule has 2 heterocycles. The first-order chi connectivity index (χ1) is 13.8. The van der Waals surface area contributed by atoms with Gasteiger partial charge in [-0.15, -0.1) is 5.10 Å². The molecule has 5 rings (SSSR count). The zero-order valence-corrected chi connectivity index (χ0v) is 15.0. The highest BCUT2D eigenvalue weighted by molar-refractivity contribution is 6.43. The number of hydrogen-bond acceptors (Lipinski definition) is 6. The van der Waals surface area contributed by atoms with Gasteiger partial charge in [0.1, 0.15) is 5.71 Å². The number of nitrogens with zero attached hydrogens (tertiary/aromatic N) is 5. The fourth-order valence-corrected chi connectivity index (χ4v) is 3.25. The maximum atomic E-state index is 12.6. The van der Waals surface area contributed by atoms with E-state index in [1.807, 2.05) is 59.3 Å². The summed E-state index contributed by atoms with van der Waals surface area (Å²) in [5, 5.41) is 18.9. The largest absolute Gasteiger partial charge is 0.387 e. The third-order valence-corrected chi connectivity index (χ3v) is 4.87. The van der Waals surface area contributed by atoms with E-state index in [2.05, 4.69) is 26.0 Å². The minimum Gasteiger partial charge on any atom is -0.387 e. The molecule has 140 valence electrons. The summed E-state index contributed by atoms with van der Waals surface area (Å²) in [6.45, 7) is 0. The number of carbonyl (C=O) groups excluding carboxylic acids is 1. The fourth-order valence-electron chi connectivity index (χ4n) is 3.25. The fraction of sp³-hybridized carbons (Fsp3) is 0.250. The zero-order chi connectivity index (χ0) is 18.9. The summed E-state index contributed by atoms with van der Waals surface area (Å²) in [6, 6.07) is 17.6. The van der Waals surface area contributed by atoms with Crippen LogP contribution >= 0.6 is 0 Å². The molecular formula is C20H18N6O2. The Bertz CT molecular complexity index is 1040. The molecule has 1 unspecified atom stereocenters. The molecule has 1 saturated carbocycles. The van der Waals surface area contributed by atoms with Gasteiger partial charge in [0.25, 0.3) is 5.91 Å². The lowest BCUT2D eigenvalue weighted by Gasteiger charge is -2.08. The number of benzene rings is 2. The number of carbonyl (C=O) groups is 1. The van der Waals surface area contributed by atoms with Crippen LogP contribution in [0, 0.1) is 0 Å². The Balaban J connectivity index is 1.29. The molecule has 3 aromatic rings. The van der Waals surface area contributed by atoms with Gasteiger partial charge in [-0.2, -0.15) is 0 Å². The van der Waals surface area contributed by atoms with Crippen LogP contribution < -0.4 is 5.32 Å². The van der Waals surface area contributed by atoms with Crippen LogP contribution in [0.2, 0.25) is 0 Å². The predicted molar refractivity (Wildman–Crippen MR) is 102 cm³/mol. The quantitative estimate of drug-likeness (QED) is 0.740. The number of aromatic nitrogens is 4. The second-order valence-corrected chi connectivity index (χ2v) is 6.96. The standard InChI is InChI=1S/C20H18N6O2/c27-20(17-12-18(28-23-17)13-5-2-1-3-6-13)21-15-8-4-7-14(11-15)19-22-24-25-26(19)16-9-10-16/h1-8,11,16,18H,9-10,12H2,(H,21,27). The molecular weight excluding hydrogens is 356 g/mol. The molecule has 1 fully saturated rings. The van der Waals surface area contributed by atoms with Crippen molar-refractivity contribution in [3.8, 4) is 11.4 Å². The average Bonchev–Trinajstić information content (AvgIpc) is 3.26. The van der Waals surface area contributed by atoms with Gasteiger partial charge in [-0.25, -0.2) is 4.68 Å². The Kier molecular flexibility index (Phi) is 4.08. The van der Waals surface area contributed by atoms with Gasteiger partial charge >= 0.3 is 0 Å². The van der Waals surface area contributed by atoms with E-state index in [1.54, 1.807) is 0 Å². The van der Waals surface area contributed by atoms with Crippen LogP contribution in [-0.2, 0) is 9.63 Å². The molecule has 2 aliphatic rings. The van der Waals surface area contributed by atoms with Gasteiger partial charge in [0.15, 0.2) is 11.9 Å². The molecule has 0 radical (unpaired) electrons. The monoisotopic (exact) mass is 374 g/mol. The first kappa shape index (κ1) is 16.6. The highest BCUT2D eigenvalue weighted by Gasteiger charge is 2.29. The lowest BCUT2D eigenvalue weighted by Crippen LogP contribution is -2.21. The Morgan fingerprint density at radius 1 is 1.11 bits per heavy atom. The van der Waals surface area contributed by atoms with Crippen LogP contribution in [0.25, 0.3) is 11.4 Å². The molecule has 8 nitrogen and oxygen atoms in total. The predicted octanol–water partition coefficient (Wildman–Crippen LogP) is 3.13. The van der Waals surface area contributed by atoms with Crippen molar-refractivity contribution in [3.63, 3.8) is 0 Å². The van der Waals surface area contributed by atoms with Gasteiger partial charge < -0.3 is 10.2 Å². The molecule has 0 bridgehead atoms. The number of tetrazole rings is 1. The Morgan fingerprint density at radius 3 is 2.79 bits per heavy atom. The van der Waals surface area contributed by atoms with Crippen LogP contribution in [0.4, 0.5) is 5.69 Å². The Morgan fingerprint density at radius 2 is 1.96 bits per heavy atom. The van der Waals surface area contributed by atoms with Crippen LogP contribution in [0.15, 0.2) is 59.8 Å². The third-order valence-electron chi connectivity index (χ3n) is 4.87. The number of nitrogens with one attached hydrogen (secondary N) is 1. The summed E-state index contributed by atoms with van der Waals surface area (Å²) in [4.78, 5) is 18.0. The third kappa shape index (κ3) is 3.24. The van der Waals surface area contributed by atoms with E-state index < -0.39 is 0 Å². The summed E-state index contributed by atoms with van der Waals surface area (Å²) in [6.07, 6.45) is 2.40. The van der Waals surface area contributed by atoms with Gasteiger partial charge in [0.2, 0.25) is 0 Å². The van der Waals surface area contributed by atoms with Gasteiger partial charge in [-0.3, -0.25) is 4.79 Å². The van der Waals surface area contributed by atoms with Crippen molar-refractivity contribution < 1.29 is 9.63 Å². The molecule has 2 aromatic carbocycles. The summed E-state index contributed by atoms with van der Waals surface area (Å²) >= 11 is 0. The molecule has 1 N–H and O–H groups in total. The van der Waals surface area contributed by atoms with Crippen molar-refractivity contribution in [2.45, 2.75) is 31.4 Å². The van der Waals surface area contributed by atoms with E-state index in [1.165, 1.54) is 0 Å². The van der Waals surface area contributed by atoms with Gasteiger partial charge in [0, 0.05) is 17.7 Å². The van der Waals surface area contributed by atoms with Crippen molar-refractivity contribution in [2.75, 3.05) is 5.32 Å². The zero-order valence-electron chi connectivity index (χ0n) is 15.0. The number of amides is 1. The van der Waals surface area contributed by atoms with Crippen molar-refractivity contribution in [1.82, 2.24) is 20.2 Å². The number of anilines is 1. The molecule has 0 saturated heterocycles. The van der Waals surface area contributed by atoms with Crippen LogP contribution in [0.5, 0.6) is 0 Å². The minimum absolute atomic E-state index is 0.226. The molecule has 1 aliphatic heterocycles. The molecule has 1 aromatic heterocycles. The molecule has 0 spiro atoms. The maximum absolute atomic E-state index is 12.6. The van der Waals surface area contributed by atoms with Crippen molar-refractivity contribution in [2.24, 2.45) is 5.16 Å². The van der Waals surface area contributed by atoms with Gasteiger partial charge in [-0.05, 0) is 41.0 Å². The second-order valence-electron chi connectivity index (χ2n) is 6.96. The van der Waals surface area contributed by atoms with E-state index in [4.69, 9.17) is 4.84 Å². The highest BCUT2D eigenvalue weighted by Crippen LogP contribution is 2.36. The molecule has 8 heteroatoms. The number of hydrogen-bond donors (Lipinski definition) is 1. The highest BCUT2D eigenvalue weighted by atomic mass is 16.6. The maximum Gasteiger partial charge on any atom is 0.273 e. The van der Waals surface area contributed by atoms with Crippen molar-refractivity contribution >= 4 is 17.3 Å². The minimum atomic E-state index is -0.266. The van der Waals surface area contributed by atoms with Crippen LogP contribution in [0.3, 0.4) is 0 Å². The van der Waals surface area contributed by atoms with Crippen LogP contribution in [0.1, 0.15) is 37.0 Å². The summed E-state index contributed by atoms with van der Waals surface area (Å²) in [5.74, 6) is 0.446. The van der Waals surface area contributed by atoms with E-state index in [0.29, 0.717) is 29.7 Å². The van der Waals surface area contributed by atoms with Gasteiger partial charge in [0.05, 0.1) is 6.04 Å². The second kappa shape index (κ2) is 6.88. The number of rotatable bonds is 5. The molecule has 1 atom stereocenters. The first-order valence-corrected chi connectivity index (χ1v) is 9.25. The van der Waals surface area contributed by atoms with E-state index in [-0.39, 0.29) is 12.0 Å². The topological polar surface area (TPSA) is 94.3 Å². The number of oxime groups is 1. The van der Waals surface area contributed by atoms with E-state index >= 15 is 0 Å². The smallest absolute Gasteiger partial charge is 0.273 e.